The zero-order valence-corrected chi connectivity index (χ0v) is 12.9. The van der Waals surface area contributed by atoms with Gasteiger partial charge in [-0.25, -0.2) is 0 Å². The number of nitrogens with zero attached hydrogens (tertiary/aromatic N) is 3. The molecule has 0 amide bonds. The number of hydrogen-bond acceptors (Lipinski definition) is 4. The van der Waals surface area contributed by atoms with Gasteiger partial charge in [0.15, 0.2) is 11.0 Å². The van der Waals surface area contributed by atoms with Crippen molar-refractivity contribution in [3.05, 3.63) is 41.4 Å². The molecule has 104 valence electrons. The molecule has 0 aliphatic carbocycles. The van der Waals surface area contributed by atoms with Crippen LogP contribution < -0.4 is 0 Å². The highest BCUT2D eigenvalue weighted by Crippen LogP contribution is 2.25. The maximum Gasteiger partial charge on any atom is 0.313 e. The van der Waals surface area contributed by atoms with Crippen molar-refractivity contribution < 1.29 is 9.90 Å². The third-order valence-corrected chi connectivity index (χ3v) is 3.88. The van der Waals surface area contributed by atoms with Crippen LogP contribution in [0.25, 0.3) is 11.4 Å². The average Bonchev–Trinajstić information content (AvgIpc) is 2.80. The first kappa shape index (κ1) is 14.8. The summed E-state index contributed by atoms with van der Waals surface area (Å²) in [6.45, 7) is 4.24. The number of carbonyl (C=O) groups is 1. The fourth-order valence-electron chi connectivity index (χ4n) is 1.66. The van der Waals surface area contributed by atoms with Gasteiger partial charge in [-0.3, -0.25) is 9.36 Å². The van der Waals surface area contributed by atoms with Crippen LogP contribution in [0.4, 0.5) is 0 Å². The SMILES string of the molecule is C=CCn1c(SCC(=O)O)nnc1-c1cccc(Br)c1. The molecule has 0 saturated carbocycles. The first-order valence-corrected chi connectivity index (χ1v) is 7.54. The van der Waals surface area contributed by atoms with E-state index in [4.69, 9.17) is 5.11 Å². The van der Waals surface area contributed by atoms with Gasteiger partial charge in [0.05, 0.1) is 5.75 Å². The van der Waals surface area contributed by atoms with Crippen molar-refractivity contribution >= 4 is 33.7 Å². The van der Waals surface area contributed by atoms with Crippen LogP contribution in [0.1, 0.15) is 0 Å². The Bertz CT molecular complexity index is 642. The van der Waals surface area contributed by atoms with Crippen LogP contribution in [0.15, 0.2) is 46.5 Å². The second kappa shape index (κ2) is 6.71. The van der Waals surface area contributed by atoms with E-state index in [1.165, 1.54) is 0 Å². The summed E-state index contributed by atoms with van der Waals surface area (Å²) < 4.78 is 2.80. The van der Waals surface area contributed by atoms with Gasteiger partial charge in [0.2, 0.25) is 0 Å². The lowest BCUT2D eigenvalue weighted by atomic mass is 10.2. The average molecular weight is 354 g/mol. The highest BCUT2D eigenvalue weighted by molar-refractivity contribution is 9.10. The van der Waals surface area contributed by atoms with Crippen molar-refractivity contribution in [2.45, 2.75) is 11.7 Å². The predicted octanol–water partition coefficient (Wildman–Crippen LogP) is 3.07. The zero-order valence-electron chi connectivity index (χ0n) is 10.5. The topological polar surface area (TPSA) is 68.0 Å². The normalized spacial score (nSPS) is 10.4. The molecule has 1 N–H and O–H groups in total. The first-order chi connectivity index (χ1) is 9.61. The van der Waals surface area contributed by atoms with Crippen molar-refractivity contribution in [3.8, 4) is 11.4 Å². The first-order valence-electron chi connectivity index (χ1n) is 5.76. The summed E-state index contributed by atoms with van der Waals surface area (Å²) in [5.41, 5.74) is 0.913. The molecule has 0 saturated heterocycles. The van der Waals surface area contributed by atoms with Crippen molar-refractivity contribution in [1.82, 2.24) is 14.8 Å². The number of hydrogen-bond donors (Lipinski definition) is 1. The summed E-state index contributed by atoms with van der Waals surface area (Å²) in [5, 5.41) is 17.5. The molecule has 1 aromatic heterocycles. The van der Waals surface area contributed by atoms with Crippen molar-refractivity contribution in [2.75, 3.05) is 5.75 Å². The van der Waals surface area contributed by atoms with Gasteiger partial charge in [-0.15, -0.1) is 16.8 Å². The number of carboxylic acid groups (broad SMARTS) is 1. The summed E-state index contributed by atoms with van der Waals surface area (Å²) in [5.74, 6) is -0.237. The van der Waals surface area contributed by atoms with E-state index >= 15 is 0 Å². The summed E-state index contributed by atoms with van der Waals surface area (Å²) in [4.78, 5) is 10.7. The maximum absolute atomic E-state index is 10.7. The summed E-state index contributed by atoms with van der Waals surface area (Å²) in [6, 6.07) is 7.71. The molecule has 5 nitrogen and oxygen atoms in total. The molecule has 0 bridgehead atoms. The number of allylic oxidation sites excluding steroid dienone is 1. The molecule has 0 unspecified atom stereocenters. The molecule has 0 fully saturated rings. The van der Waals surface area contributed by atoms with Crippen LogP contribution in [-0.4, -0.2) is 31.6 Å². The second-order valence-corrected chi connectivity index (χ2v) is 5.76. The molecule has 0 aliphatic rings. The van der Waals surface area contributed by atoms with Crippen LogP contribution in [0.5, 0.6) is 0 Å². The monoisotopic (exact) mass is 353 g/mol. The maximum atomic E-state index is 10.7. The Hall–Kier alpha value is -1.60. The van der Waals surface area contributed by atoms with Gasteiger partial charge in [0.25, 0.3) is 0 Å². The number of benzene rings is 1. The van der Waals surface area contributed by atoms with E-state index < -0.39 is 5.97 Å². The summed E-state index contributed by atoms with van der Waals surface area (Å²) >= 11 is 4.56. The van der Waals surface area contributed by atoms with Crippen LogP contribution >= 0.6 is 27.7 Å². The van der Waals surface area contributed by atoms with Gasteiger partial charge in [-0.2, -0.15) is 0 Å². The number of aromatic nitrogens is 3. The lowest BCUT2D eigenvalue weighted by Gasteiger charge is -2.07. The highest BCUT2D eigenvalue weighted by atomic mass is 79.9. The van der Waals surface area contributed by atoms with Crippen LogP contribution in [0.2, 0.25) is 0 Å². The van der Waals surface area contributed by atoms with E-state index in [0.29, 0.717) is 17.5 Å². The third kappa shape index (κ3) is 3.49. The highest BCUT2D eigenvalue weighted by Gasteiger charge is 2.14. The van der Waals surface area contributed by atoms with Gasteiger partial charge < -0.3 is 5.11 Å². The van der Waals surface area contributed by atoms with Gasteiger partial charge in [-0.1, -0.05) is 45.9 Å². The second-order valence-electron chi connectivity index (χ2n) is 3.90. The number of aliphatic carboxylic acids is 1. The van der Waals surface area contributed by atoms with Crippen molar-refractivity contribution in [3.63, 3.8) is 0 Å². The number of thioether (sulfide) groups is 1. The molecule has 0 atom stereocenters. The standard InChI is InChI=1S/C13H12BrN3O2S/c1-2-6-17-12(9-4-3-5-10(14)7-9)15-16-13(17)20-8-11(18)19/h2-5,7H,1,6,8H2,(H,18,19). The molecule has 0 spiro atoms. The molecule has 1 aromatic carbocycles. The minimum absolute atomic E-state index is 0.0479. The molecule has 0 radical (unpaired) electrons. The fourth-order valence-corrected chi connectivity index (χ4v) is 2.72. The largest absolute Gasteiger partial charge is 0.481 e. The molecule has 1 heterocycles. The van der Waals surface area contributed by atoms with Crippen LogP contribution in [0, 0.1) is 0 Å². The van der Waals surface area contributed by atoms with Crippen molar-refractivity contribution in [2.24, 2.45) is 0 Å². The van der Waals surface area contributed by atoms with E-state index in [9.17, 15) is 4.79 Å². The Labute approximate surface area is 128 Å². The van der Waals surface area contributed by atoms with Crippen molar-refractivity contribution in [1.29, 1.82) is 0 Å². The minimum atomic E-state index is -0.882. The van der Waals surface area contributed by atoms with E-state index in [0.717, 1.165) is 21.8 Å². The zero-order chi connectivity index (χ0) is 14.5. The molecule has 0 aliphatic heterocycles. The Morgan fingerprint density at radius 3 is 2.95 bits per heavy atom. The Morgan fingerprint density at radius 2 is 2.30 bits per heavy atom. The number of halogens is 1. The quantitative estimate of drug-likeness (QED) is 0.638. The van der Waals surface area contributed by atoms with Gasteiger partial charge in [-0.05, 0) is 12.1 Å². The fraction of sp³-hybridized carbons (Fsp3) is 0.154. The molecule has 20 heavy (non-hydrogen) atoms. The number of rotatable bonds is 6. The lowest BCUT2D eigenvalue weighted by Crippen LogP contribution is -2.03. The number of carboxylic acids is 1. The Balaban J connectivity index is 2.38. The molecular formula is C13H12BrN3O2S. The summed E-state index contributed by atoms with van der Waals surface area (Å²) in [7, 11) is 0. The predicted molar refractivity (Wildman–Crippen MR) is 81.7 cm³/mol. The Morgan fingerprint density at radius 1 is 1.50 bits per heavy atom. The van der Waals surface area contributed by atoms with Gasteiger partial charge in [0, 0.05) is 16.6 Å². The van der Waals surface area contributed by atoms with E-state index in [1.54, 1.807) is 6.08 Å². The van der Waals surface area contributed by atoms with Crippen LogP contribution in [0.3, 0.4) is 0 Å². The Kier molecular flexibility index (Phi) is 4.97. The van der Waals surface area contributed by atoms with E-state index in [-0.39, 0.29) is 5.75 Å². The van der Waals surface area contributed by atoms with E-state index in [2.05, 4.69) is 32.7 Å². The van der Waals surface area contributed by atoms with Gasteiger partial charge in [0.1, 0.15) is 0 Å². The van der Waals surface area contributed by atoms with Gasteiger partial charge >= 0.3 is 5.97 Å². The lowest BCUT2D eigenvalue weighted by molar-refractivity contribution is -0.133. The summed E-state index contributed by atoms with van der Waals surface area (Å²) in [6.07, 6.45) is 1.73. The molecular weight excluding hydrogens is 342 g/mol. The third-order valence-electron chi connectivity index (χ3n) is 2.44. The molecule has 7 heteroatoms. The van der Waals surface area contributed by atoms with E-state index in [1.807, 2.05) is 28.8 Å². The van der Waals surface area contributed by atoms with Crippen LogP contribution in [-0.2, 0) is 11.3 Å². The minimum Gasteiger partial charge on any atom is -0.481 e. The smallest absolute Gasteiger partial charge is 0.313 e. The molecule has 2 rings (SSSR count). The molecule has 2 aromatic rings.